The minimum absolute atomic E-state index is 0.207. The third-order valence-electron chi connectivity index (χ3n) is 3.69. The van der Waals surface area contributed by atoms with Crippen LogP contribution in [0.1, 0.15) is 75.9 Å². The first-order chi connectivity index (χ1) is 7.89. The molecular formula is C16H25N. The summed E-state index contributed by atoms with van der Waals surface area (Å²) in [5.74, 6) is 0.524. The molecule has 0 aromatic carbocycles. The highest BCUT2D eigenvalue weighted by Crippen LogP contribution is 2.33. The van der Waals surface area contributed by atoms with E-state index in [1.807, 2.05) is 0 Å². The van der Waals surface area contributed by atoms with Crippen LogP contribution >= 0.6 is 0 Å². The van der Waals surface area contributed by atoms with E-state index in [2.05, 4.69) is 40.7 Å². The lowest BCUT2D eigenvalue weighted by Crippen LogP contribution is -2.19. The Morgan fingerprint density at radius 3 is 2.35 bits per heavy atom. The Kier molecular flexibility index (Phi) is 3.29. The van der Waals surface area contributed by atoms with E-state index in [1.54, 1.807) is 0 Å². The molecule has 0 saturated carbocycles. The molecule has 0 bridgehead atoms. The minimum Gasteiger partial charge on any atom is -0.257 e. The first-order valence-electron chi connectivity index (χ1n) is 6.93. The molecular weight excluding hydrogens is 206 g/mol. The van der Waals surface area contributed by atoms with Gasteiger partial charge in [0.2, 0.25) is 0 Å². The number of nitrogens with zero attached hydrogens (tertiary/aromatic N) is 1. The molecule has 1 aliphatic rings. The van der Waals surface area contributed by atoms with Crippen molar-refractivity contribution >= 4 is 0 Å². The maximum absolute atomic E-state index is 4.98. The molecule has 1 aliphatic carbocycles. The van der Waals surface area contributed by atoms with Crippen LogP contribution in [0.2, 0.25) is 0 Å². The van der Waals surface area contributed by atoms with Crippen molar-refractivity contribution in [3.8, 4) is 0 Å². The molecule has 1 heteroatoms. The Morgan fingerprint density at radius 1 is 1.12 bits per heavy atom. The molecule has 0 saturated heterocycles. The quantitative estimate of drug-likeness (QED) is 0.699. The number of hydrogen-bond acceptors (Lipinski definition) is 1. The number of rotatable bonds is 1. The Morgan fingerprint density at radius 2 is 1.76 bits per heavy atom. The van der Waals surface area contributed by atoms with Crippen LogP contribution < -0.4 is 0 Å². The van der Waals surface area contributed by atoms with Gasteiger partial charge in [0.15, 0.2) is 0 Å². The predicted octanol–water partition coefficient (Wildman–Crippen LogP) is 4.38. The smallest absolute Gasteiger partial charge is 0.0469 e. The van der Waals surface area contributed by atoms with Gasteiger partial charge in [0, 0.05) is 11.4 Å². The van der Waals surface area contributed by atoms with E-state index in [9.17, 15) is 0 Å². The number of aryl methyl sites for hydroxylation is 2. The Balaban J connectivity index is 2.56. The van der Waals surface area contributed by atoms with Gasteiger partial charge in [-0.25, -0.2) is 0 Å². The second-order valence-corrected chi connectivity index (χ2v) is 6.64. The zero-order valence-electron chi connectivity index (χ0n) is 11.9. The van der Waals surface area contributed by atoms with E-state index in [0.29, 0.717) is 5.92 Å². The Labute approximate surface area is 106 Å². The highest BCUT2D eigenvalue weighted by molar-refractivity contribution is 5.37. The predicted molar refractivity (Wildman–Crippen MR) is 73.7 cm³/mol. The molecule has 94 valence electrons. The van der Waals surface area contributed by atoms with Gasteiger partial charge in [0.1, 0.15) is 0 Å². The molecule has 0 radical (unpaired) electrons. The zero-order chi connectivity index (χ0) is 12.6. The normalized spacial score (nSPS) is 16.1. The van der Waals surface area contributed by atoms with Crippen molar-refractivity contribution in [1.29, 1.82) is 0 Å². The fourth-order valence-electron chi connectivity index (χ4n) is 2.69. The third kappa shape index (κ3) is 2.53. The van der Waals surface area contributed by atoms with Crippen LogP contribution in [-0.2, 0) is 18.3 Å². The molecule has 1 nitrogen and oxygen atoms in total. The van der Waals surface area contributed by atoms with Crippen LogP contribution in [0.4, 0.5) is 0 Å². The van der Waals surface area contributed by atoms with E-state index in [1.165, 1.54) is 48.2 Å². The van der Waals surface area contributed by atoms with Gasteiger partial charge in [0.05, 0.1) is 0 Å². The molecule has 0 fully saturated rings. The van der Waals surface area contributed by atoms with Crippen molar-refractivity contribution in [3.05, 3.63) is 28.6 Å². The van der Waals surface area contributed by atoms with E-state index >= 15 is 0 Å². The zero-order valence-corrected chi connectivity index (χ0v) is 11.9. The Bertz CT molecular complexity index is 410. The monoisotopic (exact) mass is 231 g/mol. The van der Waals surface area contributed by atoms with Crippen LogP contribution in [0.3, 0.4) is 0 Å². The number of aromatic nitrogens is 1. The van der Waals surface area contributed by atoms with Crippen LogP contribution in [0.15, 0.2) is 6.07 Å². The molecule has 0 unspecified atom stereocenters. The van der Waals surface area contributed by atoms with Crippen LogP contribution in [-0.4, -0.2) is 4.98 Å². The van der Waals surface area contributed by atoms with Gasteiger partial charge >= 0.3 is 0 Å². The molecule has 0 N–H and O–H groups in total. The molecule has 1 heterocycles. The second kappa shape index (κ2) is 4.44. The van der Waals surface area contributed by atoms with Gasteiger partial charge < -0.3 is 0 Å². The Hall–Kier alpha value is -0.850. The van der Waals surface area contributed by atoms with Crippen molar-refractivity contribution in [2.75, 3.05) is 0 Å². The summed E-state index contributed by atoms with van der Waals surface area (Å²) in [5, 5.41) is 0. The van der Waals surface area contributed by atoms with Crippen molar-refractivity contribution in [1.82, 2.24) is 4.98 Å². The highest BCUT2D eigenvalue weighted by atomic mass is 14.7. The molecule has 0 atom stereocenters. The average Bonchev–Trinajstić information content (AvgIpc) is 2.26. The van der Waals surface area contributed by atoms with Crippen LogP contribution in [0.5, 0.6) is 0 Å². The fourth-order valence-corrected chi connectivity index (χ4v) is 2.69. The van der Waals surface area contributed by atoms with E-state index in [0.717, 1.165) is 0 Å². The summed E-state index contributed by atoms with van der Waals surface area (Å²) in [7, 11) is 0. The first kappa shape index (κ1) is 12.6. The molecule has 1 aromatic rings. The fraction of sp³-hybridized carbons (Fsp3) is 0.688. The summed E-state index contributed by atoms with van der Waals surface area (Å²) >= 11 is 0. The number of hydrogen-bond donors (Lipinski definition) is 0. The third-order valence-corrected chi connectivity index (χ3v) is 3.69. The summed E-state index contributed by atoms with van der Waals surface area (Å²) in [4.78, 5) is 4.98. The lowest BCUT2D eigenvalue weighted by Gasteiger charge is -2.27. The van der Waals surface area contributed by atoms with Crippen molar-refractivity contribution in [2.45, 2.75) is 71.6 Å². The van der Waals surface area contributed by atoms with E-state index in [4.69, 9.17) is 4.98 Å². The van der Waals surface area contributed by atoms with Gasteiger partial charge in [-0.05, 0) is 48.1 Å². The lowest BCUT2D eigenvalue weighted by molar-refractivity contribution is 0.560. The largest absolute Gasteiger partial charge is 0.257 e. The van der Waals surface area contributed by atoms with Crippen molar-refractivity contribution in [2.24, 2.45) is 0 Å². The van der Waals surface area contributed by atoms with Gasteiger partial charge in [0.25, 0.3) is 0 Å². The molecule has 0 aliphatic heterocycles. The van der Waals surface area contributed by atoms with Crippen molar-refractivity contribution in [3.63, 3.8) is 0 Å². The average molecular weight is 231 g/mol. The standard InChI is InChI=1S/C16H25N/c1-11(2)15-13(16(3,4)5)10-12-8-6-7-9-14(12)17-15/h10-11H,6-9H2,1-5H3. The topological polar surface area (TPSA) is 12.9 Å². The SMILES string of the molecule is CC(C)c1nc2c(cc1C(C)(C)C)CCCC2. The van der Waals surface area contributed by atoms with Crippen LogP contribution in [0, 0.1) is 0 Å². The van der Waals surface area contributed by atoms with Gasteiger partial charge in [-0.15, -0.1) is 0 Å². The molecule has 0 spiro atoms. The second-order valence-electron chi connectivity index (χ2n) is 6.64. The molecule has 1 aromatic heterocycles. The van der Waals surface area contributed by atoms with Crippen molar-refractivity contribution < 1.29 is 0 Å². The maximum Gasteiger partial charge on any atom is 0.0469 e. The lowest BCUT2D eigenvalue weighted by atomic mass is 9.81. The van der Waals surface area contributed by atoms with E-state index in [-0.39, 0.29) is 5.41 Å². The van der Waals surface area contributed by atoms with Gasteiger partial charge in [-0.2, -0.15) is 0 Å². The summed E-state index contributed by atoms with van der Waals surface area (Å²) in [6.45, 7) is 11.4. The molecule has 17 heavy (non-hydrogen) atoms. The maximum atomic E-state index is 4.98. The van der Waals surface area contributed by atoms with Gasteiger partial charge in [-0.3, -0.25) is 4.98 Å². The van der Waals surface area contributed by atoms with Crippen LogP contribution in [0.25, 0.3) is 0 Å². The number of pyridine rings is 1. The van der Waals surface area contributed by atoms with E-state index < -0.39 is 0 Å². The first-order valence-corrected chi connectivity index (χ1v) is 6.93. The molecule has 0 amide bonds. The minimum atomic E-state index is 0.207. The molecule has 2 rings (SSSR count). The summed E-state index contributed by atoms with van der Waals surface area (Å²) in [5.41, 5.74) is 5.85. The summed E-state index contributed by atoms with van der Waals surface area (Å²) in [6.07, 6.45) is 5.05. The summed E-state index contributed by atoms with van der Waals surface area (Å²) < 4.78 is 0. The number of fused-ring (bicyclic) bond motifs is 1. The van der Waals surface area contributed by atoms with Gasteiger partial charge in [-0.1, -0.05) is 40.7 Å². The summed E-state index contributed by atoms with van der Waals surface area (Å²) in [6, 6.07) is 2.44. The highest BCUT2D eigenvalue weighted by Gasteiger charge is 2.23.